The summed E-state index contributed by atoms with van der Waals surface area (Å²) in [5, 5.41) is 0.479. The molecule has 3 N–H and O–H groups in total. The molecular weight excluding hydrogens is 308 g/mol. The van der Waals surface area contributed by atoms with Gasteiger partial charge in [-0.1, -0.05) is 30.2 Å². The van der Waals surface area contributed by atoms with Gasteiger partial charge in [0.2, 0.25) is 0 Å². The second kappa shape index (κ2) is 7.09. The van der Waals surface area contributed by atoms with Gasteiger partial charge in [-0.05, 0) is 49.3 Å². The molecule has 0 radical (unpaired) electrons. The first-order chi connectivity index (χ1) is 9.90. The first-order valence-electron chi connectivity index (χ1n) is 7.29. The highest BCUT2D eigenvalue weighted by Gasteiger charge is 2.32. The van der Waals surface area contributed by atoms with Gasteiger partial charge in [0.25, 0.3) is 0 Å². The van der Waals surface area contributed by atoms with Crippen molar-refractivity contribution in [3.05, 3.63) is 34.9 Å². The van der Waals surface area contributed by atoms with Gasteiger partial charge in [-0.15, -0.1) is 0 Å². The molecule has 0 aromatic heterocycles. The Labute approximate surface area is 131 Å². The zero-order chi connectivity index (χ0) is 15.5. The van der Waals surface area contributed by atoms with Gasteiger partial charge >= 0.3 is 0 Å². The molecule has 1 saturated carbocycles. The van der Waals surface area contributed by atoms with Crippen LogP contribution in [0.4, 0.5) is 0 Å². The summed E-state index contributed by atoms with van der Waals surface area (Å²) in [6.07, 6.45) is 5.51. The molecule has 0 bridgehead atoms. The van der Waals surface area contributed by atoms with Crippen LogP contribution in [-0.2, 0) is 16.3 Å². The summed E-state index contributed by atoms with van der Waals surface area (Å²) < 4.78 is 23.6. The van der Waals surface area contributed by atoms with E-state index in [4.69, 9.17) is 17.4 Å². The average Bonchev–Trinajstić information content (AvgIpc) is 2.44. The number of hydrogen-bond acceptors (Lipinski definition) is 4. The molecule has 118 valence electrons. The van der Waals surface area contributed by atoms with Gasteiger partial charge in [0, 0.05) is 17.3 Å². The van der Waals surface area contributed by atoms with E-state index in [0.717, 1.165) is 31.2 Å². The van der Waals surface area contributed by atoms with Crippen LogP contribution in [-0.4, -0.2) is 26.0 Å². The molecular formula is C15H23ClN2O2S. The number of nitrogens with one attached hydrogen (secondary N) is 1. The van der Waals surface area contributed by atoms with Crippen molar-refractivity contribution in [2.75, 3.05) is 6.26 Å². The third kappa shape index (κ3) is 4.68. The molecule has 0 spiro atoms. The van der Waals surface area contributed by atoms with Crippen LogP contribution in [0.2, 0.25) is 5.02 Å². The minimum absolute atomic E-state index is 0.0769. The van der Waals surface area contributed by atoms with Crippen molar-refractivity contribution in [1.29, 1.82) is 0 Å². The summed E-state index contributed by atoms with van der Waals surface area (Å²) in [5.41, 5.74) is 3.99. The first-order valence-corrected chi connectivity index (χ1v) is 9.63. The molecule has 21 heavy (non-hydrogen) atoms. The molecule has 3 atom stereocenters. The highest BCUT2D eigenvalue weighted by Crippen LogP contribution is 2.31. The Kier molecular flexibility index (Phi) is 5.66. The molecule has 1 aromatic carbocycles. The molecule has 0 amide bonds. The minimum atomic E-state index is -2.97. The van der Waals surface area contributed by atoms with E-state index in [1.807, 2.05) is 24.3 Å². The Morgan fingerprint density at radius 1 is 1.43 bits per heavy atom. The maximum Gasteiger partial charge on any atom is 0.150 e. The van der Waals surface area contributed by atoms with Crippen LogP contribution in [0.15, 0.2) is 24.3 Å². The Bertz CT molecular complexity index is 577. The van der Waals surface area contributed by atoms with Crippen molar-refractivity contribution in [3.8, 4) is 0 Å². The van der Waals surface area contributed by atoms with Crippen molar-refractivity contribution in [2.24, 2.45) is 11.8 Å². The van der Waals surface area contributed by atoms with E-state index in [9.17, 15) is 8.42 Å². The Balaban J connectivity index is 2.06. The molecule has 0 aliphatic heterocycles. The molecule has 2 rings (SSSR count). The third-order valence-corrected chi connectivity index (χ3v) is 6.27. The fourth-order valence-corrected chi connectivity index (χ4v) is 4.62. The van der Waals surface area contributed by atoms with Crippen LogP contribution < -0.4 is 11.3 Å². The topological polar surface area (TPSA) is 72.2 Å². The molecule has 6 heteroatoms. The number of nitrogens with two attached hydrogens (primary N) is 1. The molecule has 1 fully saturated rings. The number of rotatable bonds is 5. The maximum atomic E-state index is 11.8. The lowest BCUT2D eigenvalue weighted by molar-refractivity contribution is 0.270. The number of hydrazine groups is 1. The average molecular weight is 331 g/mol. The number of sulfone groups is 1. The molecule has 1 aliphatic rings. The predicted molar refractivity (Wildman–Crippen MR) is 86.9 cm³/mol. The summed E-state index contributed by atoms with van der Waals surface area (Å²) in [5.74, 6) is 5.99. The van der Waals surface area contributed by atoms with Crippen LogP contribution in [0.3, 0.4) is 0 Å². The maximum absolute atomic E-state index is 11.8. The lowest BCUT2D eigenvalue weighted by Crippen LogP contribution is -2.45. The quantitative estimate of drug-likeness (QED) is 0.642. The molecule has 1 aliphatic carbocycles. The first kappa shape index (κ1) is 16.7. The second-order valence-corrected chi connectivity index (χ2v) is 8.75. The number of halogens is 1. The second-order valence-electron chi connectivity index (χ2n) is 5.99. The SMILES string of the molecule is CS(=O)(=O)C1CCCC(C(Cc2cccc(Cl)c2)NN)C1. The van der Waals surface area contributed by atoms with Gasteiger partial charge in [-0.3, -0.25) is 11.3 Å². The van der Waals surface area contributed by atoms with Crippen LogP contribution >= 0.6 is 11.6 Å². The van der Waals surface area contributed by atoms with Gasteiger partial charge in [0.15, 0.2) is 0 Å². The lowest BCUT2D eigenvalue weighted by atomic mass is 9.81. The van der Waals surface area contributed by atoms with E-state index in [-0.39, 0.29) is 17.2 Å². The van der Waals surface area contributed by atoms with Gasteiger partial charge in [-0.2, -0.15) is 0 Å². The van der Waals surface area contributed by atoms with E-state index >= 15 is 0 Å². The van der Waals surface area contributed by atoms with E-state index in [0.29, 0.717) is 11.4 Å². The largest absolute Gasteiger partial charge is 0.271 e. The van der Waals surface area contributed by atoms with Crippen molar-refractivity contribution in [1.82, 2.24) is 5.43 Å². The number of hydrogen-bond donors (Lipinski definition) is 2. The Morgan fingerprint density at radius 3 is 2.81 bits per heavy atom. The van der Waals surface area contributed by atoms with E-state index in [1.54, 1.807) is 0 Å². The van der Waals surface area contributed by atoms with E-state index in [1.165, 1.54) is 6.26 Å². The van der Waals surface area contributed by atoms with Crippen LogP contribution in [0.25, 0.3) is 0 Å². The molecule has 3 unspecified atom stereocenters. The molecule has 0 saturated heterocycles. The van der Waals surface area contributed by atoms with Gasteiger partial charge in [0.1, 0.15) is 9.84 Å². The standard InChI is InChI=1S/C15H23ClN2O2S/c1-21(19,20)14-7-3-5-12(10-14)15(18-17)9-11-4-2-6-13(16)8-11/h2,4,6,8,12,14-15,18H,3,5,7,9-10,17H2,1H3. The summed E-state index contributed by atoms with van der Waals surface area (Å²) in [6, 6.07) is 7.80. The van der Waals surface area contributed by atoms with Crippen molar-refractivity contribution < 1.29 is 8.42 Å². The Hall–Kier alpha value is -0.620. The summed E-state index contributed by atoms with van der Waals surface area (Å²) in [4.78, 5) is 0. The summed E-state index contributed by atoms with van der Waals surface area (Å²) in [7, 11) is -2.97. The van der Waals surface area contributed by atoms with Crippen LogP contribution in [0.5, 0.6) is 0 Å². The lowest BCUT2D eigenvalue weighted by Gasteiger charge is -2.33. The van der Waals surface area contributed by atoms with E-state index in [2.05, 4.69) is 5.43 Å². The highest BCUT2D eigenvalue weighted by atomic mass is 35.5. The smallest absolute Gasteiger partial charge is 0.150 e. The van der Waals surface area contributed by atoms with Gasteiger partial charge in [0.05, 0.1) is 5.25 Å². The summed E-state index contributed by atoms with van der Waals surface area (Å²) >= 11 is 6.01. The zero-order valence-electron chi connectivity index (χ0n) is 12.3. The fourth-order valence-electron chi connectivity index (χ4n) is 3.21. The Morgan fingerprint density at radius 2 is 2.19 bits per heavy atom. The van der Waals surface area contributed by atoms with Crippen molar-refractivity contribution in [3.63, 3.8) is 0 Å². The van der Waals surface area contributed by atoms with Gasteiger partial charge < -0.3 is 0 Å². The zero-order valence-corrected chi connectivity index (χ0v) is 13.8. The molecule has 1 aromatic rings. The van der Waals surface area contributed by atoms with Crippen molar-refractivity contribution >= 4 is 21.4 Å². The number of benzene rings is 1. The third-order valence-electron chi connectivity index (χ3n) is 4.40. The highest BCUT2D eigenvalue weighted by molar-refractivity contribution is 7.91. The van der Waals surface area contributed by atoms with Crippen LogP contribution in [0, 0.1) is 5.92 Å². The van der Waals surface area contributed by atoms with E-state index < -0.39 is 9.84 Å². The molecule has 0 heterocycles. The monoisotopic (exact) mass is 330 g/mol. The minimum Gasteiger partial charge on any atom is -0.271 e. The van der Waals surface area contributed by atoms with Crippen LogP contribution in [0.1, 0.15) is 31.2 Å². The van der Waals surface area contributed by atoms with Gasteiger partial charge in [-0.25, -0.2) is 8.42 Å². The predicted octanol–water partition coefficient (Wildman–Crippen LogP) is 2.32. The van der Waals surface area contributed by atoms with Crippen molar-refractivity contribution in [2.45, 2.75) is 43.4 Å². The molecule has 4 nitrogen and oxygen atoms in total. The summed E-state index contributed by atoms with van der Waals surface area (Å²) in [6.45, 7) is 0. The fraction of sp³-hybridized carbons (Fsp3) is 0.600. The normalized spacial score (nSPS) is 24.7.